The van der Waals surface area contributed by atoms with Crippen LogP contribution in [-0.4, -0.2) is 29.6 Å². The van der Waals surface area contributed by atoms with Gasteiger partial charge in [0.15, 0.2) is 0 Å². The van der Waals surface area contributed by atoms with Crippen molar-refractivity contribution in [1.29, 1.82) is 0 Å². The molecule has 3 N–H and O–H groups in total. The first-order chi connectivity index (χ1) is 7.59. The van der Waals surface area contributed by atoms with Gasteiger partial charge in [-0.25, -0.2) is 0 Å². The minimum Gasteiger partial charge on any atom is -0.480 e. The molecule has 6 heteroatoms. The van der Waals surface area contributed by atoms with Crippen molar-refractivity contribution >= 4 is 23.2 Å². The zero-order chi connectivity index (χ0) is 12.0. The maximum atomic E-state index is 11.3. The van der Waals surface area contributed by atoms with Crippen LogP contribution >= 0.6 is 11.3 Å². The maximum absolute atomic E-state index is 11.3. The van der Waals surface area contributed by atoms with Gasteiger partial charge in [-0.1, -0.05) is 6.07 Å². The number of rotatable bonds is 6. The smallest absolute Gasteiger partial charge is 0.320 e. The molecule has 88 valence electrons. The Labute approximate surface area is 97.5 Å². The highest BCUT2D eigenvalue weighted by Crippen LogP contribution is 2.06. The fourth-order valence-corrected chi connectivity index (χ4v) is 1.64. The third-order valence-corrected chi connectivity index (χ3v) is 2.86. The van der Waals surface area contributed by atoms with Gasteiger partial charge in [0.25, 0.3) is 0 Å². The lowest BCUT2D eigenvalue weighted by Gasteiger charge is -2.08. The van der Waals surface area contributed by atoms with Crippen molar-refractivity contribution in [3.63, 3.8) is 0 Å². The average molecular weight is 242 g/mol. The first-order valence-corrected chi connectivity index (χ1v) is 5.73. The lowest BCUT2D eigenvalue weighted by atomic mass is 10.3. The Kier molecular flexibility index (Phi) is 4.94. The van der Waals surface area contributed by atoms with Crippen LogP contribution in [-0.2, 0) is 16.1 Å². The number of aliphatic carboxylic acids is 1. The number of carboxylic acid groups (broad SMARTS) is 1. The molecule has 0 saturated heterocycles. The van der Waals surface area contributed by atoms with Crippen molar-refractivity contribution in [1.82, 2.24) is 10.6 Å². The highest BCUT2D eigenvalue weighted by molar-refractivity contribution is 7.09. The molecular formula is C10H14N2O3S. The molecule has 1 amide bonds. The van der Waals surface area contributed by atoms with E-state index in [-0.39, 0.29) is 12.5 Å². The van der Waals surface area contributed by atoms with Gasteiger partial charge < -0.3 is 10.4 Å². The minimum absolute atomic E-state index is 0.0127. The Bertz CT molecular complexity index is 351. The monoisotopic (exact) mass is 242 g/mol. The number of hydrogen-bond acceptors (Lipinski definition) is 4. The summed E-state index contributed by atoms with van der Waals surface area (Å²) in [6.07, 6.45) is 0. The molecule has 0 fully saturated rings. The normalized spacial score (nSPS) is 12.1. The van der Waals surface area contributed by atoms with Gasteiger partial charge in [0, 0.05) is 4.88 Å². The van der Waals surface area contributed by atoms with E-state index in [1.165, 1.54) is 6.92 Å². The summed E-state index contributed by atoms with van der Waals surface area (Å²) in [6, 6.07) is 3.13. The standard InChI is InChI=1S/C10H14N2O3S/c1-7(10(14)15)11-6-9(13)12-5-8-3-2-4-16-8/h2-4,7,11H,5-6H2,1H3,(H,12,13)(H,14,15)/t7-/m0/s1. The quantitative estimate of drug-likeness (QED) is 0.676. The lowest BCUT2D eigenvalue weighted by molar-refractivity contribution is -0.139. The molecule has 1 heterocycles. The average Bonchev–Trinajstić information content (AvgIpc) is 2.75. The van der Waals surface area contributed by atoms with E-state index in [0.29, 0.717) is 6.54 Å². The molecule has 0 radical (unpaired) electrons. The largest absolute Gasteiger partial charge is 0.480 e. The molecule has 0 aliphatic rings. The van der Waals surface area contributed by atoms with Crippen molar-refractivity contribution < 1.29 is 14.7 Å². The topological polar surface area (TPSA) is 78.4 Å². The first-order valence-electron chi connectivity index (χ1n) is 4.85. The van der Waals surface area contributed by atoms with Gasteiger partial charge in [-0.15, -0.1) is 11.3 Å². The van der Waals surface area contributed by atoms with Gasteiger partial charge in [0.1, 0.15) is 6.04 Å². The summed E-state index contributed by atoms with van der Waals surface area (Å²) in [4.78, 5) is 22.8. The van der Waals surface area contributed by atoms with Crippen LogP contribution in [0.25, 0.3) is 0 Å². The van der Waals surface area contributed by atoms with Gasteiger partial charge in [0.2, 0.25) is 5.91 Å². The molecule has 0 aromatic carbocycles. The molecule has 0 aliphatic carbocycles. The van der Waals surface area contributed by atoms with E-state index in [1.807, 2.05) is 17.5 Å². The molecule has 16 heavy (non-hydrogen) atoms. The second-order valence-electron chi connectivity index (χ2n) is 3.30. The van der Waals surface area contributed by atoms with Crippen LogP contribution in [0, 0.1) is 0 Å². The van der Waals surface area contributed by atoms with Crippen LogP contribution in [0.4, 0.5) is 0 Å². The zero-order valence-corrected chi connectivity index (χ0v) is 9.71. The number of thiophene rings is 1. The molecule has 0 unspecified atom stereocenters. The van der Waals surface area contributed by atoms with E-state index in [9.17, 15) is 9.59 Å². The van der Waals surface area contributed by atoms with Crippen LogP contribution in [0.1, 0.15) is 11.8 Å². The molecule has 5 nitrogen and oxygen atoms in total. The van der Waals surface area contributed by atoms with Crippen molar-refractivity contribution in [2.75, 3.05) is 6.54 Å². The summed E-state index contributed by atoms with van der Waals surface area (Å²) in [5, 5.41) is 15.8. The second kappa shape index (κ2) is 6.24. The predicted molar refractivity (Wildman–Crippen MR) is 61.3 cm³/mol. The Balaban J connectivity index is 2.19. The Morgan fingerprint density at radius 2 is 2.31 bits per heavy atom. The van der Waals surface area contributed by atoms with Gasteiger partial charge >= 0.3 is 5.97 Å². The van der Waals surface area contributed by atoms with Crippen LogP contribution < -0.4 is 10.6 Å². The number of carbonyl (C=O) groups excluding carboxylic acids is 1. The summed E-state index contributed by atoms with van der Waals surface area (Å²) in [7, 11) is 0. The van der Waals surface area contributed by atoms with Crippen LogP contribution in [0.3, 0.4) is 0 Å². The highest BCUT2D eigenvalue weighted by Gasteiger charge is 2.11. The van der Waals surface area contributed by atoms with E-state index in [1.54, 1.807) is 11.3 Å². The van der Waals surface area contributed by atoms with Gasteiger partial charge in [-0.05, 0) is 18.4 Å². The molecule has 1 atom stereocenters. The molecule has 0 bridgehead atoms. The Morgan fingerprint density at radius 3 is 2.88 bits per heavy atom. The maximum Gasteiger partial charge on any atom is 0.320 e. The summed E-state index contributed by atoms with van der Waals surface area (Å²) in [5.74, 6) is -1.17. The molecule has 0 spiro atoms. The molecule has 0 saturated carbocycles. The number of carbonyl (C=O) groups is 2. The number of nitrogens with one attached hydrogen (secondary N) is 2. The van der Waals surface area contributed by atoms with Crippen molar-refractivity contribution in [2.45, 2.75) is 19.5 Å². The third-order valence-electron chi connectivity index (χ3n) is 1.98. The van der Waals surface area contributed by atoms with Crippen molar-refractivity contribution in [3.05, 3.63) is 22.4 Å². The summed E-state index contributed by atoms with van der Waals surface area (Å²) < 4.78 is 0. The van der Waals surface area contributed by atoms with Crippen LogP contribution in [0.2, 0.25) is 0 Å². The van der Waals surface area contributed by atoms with Crippen LogP contribution in [0.15, 0.2) is 17.5 Å². The van der Waals surface area contributed by atoms with E-state index in [2.05, 4.69) is 10.6 Å². The lowest BCUT2D eigenvalue weighted by Crippen LogP contribution is -2.41. The van der Waals surface area contributed by atoms with Gasteiger partial charge in [-0.3, -0.25) is 14.9 Å². The summed E-state index contributed by atoms with van der Waals surface area (Å²) in [6.45, 7) is 1.99. The van der Waals surface area contributed by atoms with E-state index in [0.717, 1.165) is 4.88 Å². The third kappa shape index (κ3) is 4.41. The fourth-order valence-electron chi connectivity index (χ4n) is 0.994. The van der Waals surface area contributed by atoms with Crippen molar-refractivity contribution in [2.24, 2.45) is 0 Å². The van der Waals surface area contributed by atoms with E-state index in [4.69, 9.17) is 5.11 Å². The van der Waals surface area contributed by atoms with E-state index >= 15 is 0 Å². The Hall–Kier alpha value is -1.40. The first kappa shape index (κ1) is 12.7. The predicted octanol–water partition coefficient (Wildman–Crippen LogP) is 0.427. The Morgan fingerprint density at radius 1 is 1.56 bits per heavy atom. The van der Waals surface area contributed by atoms with Gasteiger partial charge in [-0.2, -0.15) is 0 Å². The van der Waals surface area contributed by atoms with Crippen molar-refractivity contribution in [3.8, 4) is 0 Å². The summed E-state index contributed by atoms with van der Waals surface area (Å²) >= 11 is 1.56. The number of hydrogen-bond donors (Lipinski definition) is 3. The molecule has 1 aromatic rings. The number of amides is 1. The SMILES string of the molecule is C[C@H](NCC(=O)NCc1cccs1)C(=O)O. The highest BCUT2D eigenvalue weighted by atomic mass is 32.1. The second-order valence-corrected chi connectivity index (χ2v) is 4.33. The molecule has 1 rings (SSSR count). The number of carboxylic acids is 1. The van der Waals surface area contributed by atoms with Crippen LogP contribution in [0.5, 0.6) is 0 Å². The van der Waals surface area contributed by atoms with Gasteiger partial charge in [0.05, 0.1) is 13.1 Å². The zero-order valence-electron chi connectivity index (χ0n) is 8.90. The summed E-state index contributed by atoms with van der Waals surface area (Å²) in [5.41, 5.74) is 0. The molecule has 1 aromatic heterocycles. The minimum atomic E-state index is -0.967. The molecule has 0 aliphatic heterocycles. The van der Waals surface area contributed by atoms with E-state index < -0.39 is 12.0 Å². The fraction of sp³-hybridized carbons (Fsp3) is 0.400. The molecular weight excluding hydrogens is 228 g/mol.